The van der Waals surface area contributed by atoms with Crippen molar-refractivity contribution in [1.29, 1.82) is 0 Å². The van der Waals surface area contributed by atoms with E-state index in [0.717, 1.165) is 6.07 Å². The van der Waals surface area contributed by atoms with Crippen LogP contribution in [0.15, 0.2) is 48.5 Å². The molecule has 1 heterocycles. The van der Waals surface area contributed by atoms with Crippen molar-refractivity contribution in [3.05, 3.63) is 65.6 Å². The van der Waals surface area contributed by atoms with Crippen LogP contribution in [-0.4, -0.2) is 25.3 Å². The molecule has 0 amide bonds. The SMILES string of the molecule is COc1ccc(-c2cc(C(F)F)nn2-c2ccc(CS(N)(=O)=O)cc2)cc1F. The standard InChI is InChI=1S/C18H16F3N3O3S/c1-27-17-7-4-12(8-14(17)19)16-9-15(18(20)21)23-24(16)13-5-2-11(3-6-13)10-28(22,25)26/h2-9,18H,10H2,1H3,(H2,22,25,26). The van der Waals surface area contributed by atoms with Gasteiger partial charge in [0.25, 0.3) is 6.43 Å². The molecular weight excluding hydrogens is 395 g/mol. The summed E-state index contributed by atoms with van der Waals surface area (Å²) in [4.78, 5) is 0. The lowest BCUT2D eigenvalue weighted by Crippen LogP contribution is -2.14. The number of benzene rings is 2. The van der Waals surface area contributed by atoms with E-state index in [2.05, 4.69) is 5.10 Å². The average Bonchev–Trinajstić information content (AvgIpc) is 3.06. The lowest BCUT2D eigenvalue weighted by atomic mass is 10.1. The van der Waals surface area contributed by atoms with E-state index in [0.29, 0.717) is 16.8 Å². The van der Waals surface area contributed by atoms with Gasteiger partial charge in [0.15, 0.2) is 11.6 Å². The van der Waals surface area contributed by atoms with Gasteiger partial charge in [0.1, 0.15) is 5.69 Å². The largest absolute Gasteiger partial charge is 0.494 e. The van der Waals surface area contributed by atoms with Gasteiger partial charge in [0, 0.05) is 5.56 Å². The second kappa shape index (κ2) is 7.64. The van der Waals surface area contributed by atoms with E-state index in [1.54, 1.807) is 0 Å². The molecule has 3 rings (SSSR count). The zero-order valence-electron chi connectivity index (χ0n) is 14.6. The molecule has 0 bridgehead atoms. The Morgan fingerprint density at radius 1 is 1.14 bits per heavy atom. The minimum Gasteiger partial charge on any atom is -0.494 e. The second-order valence-electron chi connectivity index (χ2n) is 5.99. The Hall–Kier alpha value is -2.85. The summed E-state index contributed by atoms with van der Waals surface area (Å²) in [7, 11) is -2.38. The highest BCUT2D eigenvalue weighted by Gasteiger charge is 2.19. The van der Waals surface area contributed by atoms with E-state index in [-0.39, 0.29) is 17.2 Å². The van der Waals surface area contributed by atoms with Crippen molar-refractivity contribution in [3.8, 4) is 22.7 Å². The van der Waals surface area contributed by atoms with Crippen LogP contribution in [0, 0.1) is 5.82 Å². The number of aromatic nitrogens is 2. The molecule has 0 spiro atoms. The molecule has 28 heavy (non-hydrogen) atoms. The Kier molecular flexibility index (Phi) is 5.43. The molecule has 2 aromatic carbocycles. The van der Waals surface area contributed by atoms with Crippen LogP contribution in [0.3, 0.4) is 0 Å². The predicted octanol–water partition coefficient (Wildman–Crippen LogP) is 3.41. The topological polar surface area (TPSA) is 87.2 Å². The Morgan fingerprint density at radius 3 is 2.36 bits per heavy atom. The fourth-order valence-corrected chi connectivity index (χ4v) is 3.36. The summed E-state index contributed by atoms with van der Waals surface area (Å²) in [5.41, 5.74) is 0.933. The van der Waals surface area contributed by atoms with Crippen molar-refractivity contribution in [3.63, 3.8) is 0 Å². The Bertz CT molecular complexity index is 1100. The lowest BCUT2D eigenvalue weighted by molar-refractivity contribution is 0.145. The van der Waals surface area contributed by atoms with Crippen molar-refractivity contribution in [2.75, 3.05) is 7.11 Å². The van der Waals surface area contributed by atoms with Gasteiger partial charge in [-0.25, -0.2) is 31.4 Å². The molecule has 0 atom stereocenters. The predicted molar refractivity (Wildman–Crippen MR) is 97.3 cm³/mol. The van der Waals surface area contributed by atoms with E-state index >= 15 is 0 Å². The average molecular weight is 411 g/mol. The molecular formula is C18H16F3N3O3S. The molecule has 10 heteroatoms. The summed E-state index contributed by atoms with van der Waals surface area (Å²) < 4.78 is 68.9. The first-order valence-electron chi connectivity index (χ1n) is 8.00. The molecule has 0 saturated heterocycles. The van der Waals surface area contributed by atoms with Gasteiger partial charge in [-0.15, -0.1) is 0 Å². The Balaban J connectivity index is 2.07. The van der Waals surface area contributed by atoms with Crippen LogP contribution >= 0.6 is 0 Å². The third-order valence-corrected chi connectivity index (χ3v) is 4.68. The number of nitrogens with zero attached hydrogens (tertiary/aromatic N) is 2. The van der Waals surface area contributed by atoms with E-state index in [1.807, 2.05) is 0 Å². The Morgan fingerprint density at radius 2 is 1.82 bits per heavy atom. The van der Waals surface area contributed by atoms with E-state index in [4.69, 9.17) is 9.88 Å². The quantitative estimate of drug-likeness (QED) is 0.673. The molecule has 0 aliphatic heterocycles. The van der Waals surface area contributed by atoms with Gasteiger partial charge in [-0.3, -0.25) is 0 Å². The number of ether oxygens (including phenoxy) is 1. The van der Waals surface area contributed by atoms with Crippen LogP contribution in [0.4, 0.5) is 13.2 Å². The lowest BCUT2D eigenvalue weighted by Gasteiger charge is -2.10. The van der Waals surface area contributed by atoms with Gasteiger partial charge in [0.2, 0.25) is 10.0 Å². The first-order valence-corrected chi connectivity index (χ1v) is 9.71. The first-order chi connectivity index (χ1) is 13.2. The molecule has 6 nitrogen and oxygen atoms in total. The number of nitrogens with two attached hydrogens (primary N) is 1. The third-order valence-electron chi connectivity index (χ3n) is 3.95. The fraction of sp³-hybridized carbons (Fsp3) is 0.167. The molecule has 3 aromatic rings. The van der Waals surface area contributed by atoms with Crippen LogP contribution in [0.2, 0.25) is 0 Å². The summed E-state index contributed by atoms with van der Waals surface area (Å²) in [6.07, 6.45) is -2.82. The van der Waals surface area contributed by atoms with Crippen molar-refractivity contribution >= 4 is 10.0 Å². The first kappa shape index (κ1) is 19.9. The number of primary sulfonamides is 1. The minimum atomic E-state index is -3.70. The van der Waals surface area contributed by atoms with E-state index in [9.17, 15) is 21.6 Å². The molecule has 0 saturated carbocycles. The maximum atomic E-state index is 14.1. The van der Waals surface area contributed by atoms with Crippen molar-refractivity contribution in [2.45, 2.75) is 12.2 Å². The molecule has 0 aliphatic carbocycles. The molecule has 148 valence electrons. The molecule has 0 radical (unpaired) electrons. The highest BCUT2D eigenvalue weighted by Crippen LogP contribution is 2.30. The van der Waals surface area contributed by atoms with Gasteiger partial charge >= 0.3 is 0 Å². The number of methoxy groups -OCH3 is 1. The van der Waals surface area contributed by atoms with Crippen molar-refractivity contribution < 1.29 is 26.3 Å². The van der Waals surface area contributed by atoms with Crippen LogP contribution in [-0.2, 0) is 15.8 Å². The maximum Gasteiger partial charge on any atom is 0.282 e. The summed E-state index contributed by atoms with van der Waals surface area (Å²) in [5, 5.41) is 8.92. The van der Waals surface area contributed by atoms with Gasteiger partial charge < -0.3 is 4.74 Å². The molecule has 1 aromatic heterocycles. The molecule has 0 aliphatic rings. The summed E-state index contributed by atoms with van der Waals surface area (Å²) in [5.74, 6) is -0.975. The summed E-state index contributed by atoms with van der Waals surface area (Å²) in [6.45, 7) is 0. The number of rotatable bonds is 6. The number of hydrogen-bond acceptors (Lipinski definition) is 4. The minimum absolute atomic E-state index is 0.0243. The maximum absolute atomic E-state index is 14.1. The fourth-order valence-electron chi connectivity index (χ4n) is 2.70. The molecule has 0 unspecified atom stereocenters. The van der Waals surface area contributed by atoms with Crippen LogP contribution in [0.25, 0.3) is 16.9 Å². The van der Waals surface area contributed by atoms with Crippen molar-refractivity contribution in [2.24, 2.45) is 5.14 Å². The van der Waals surface area contributed by atoms with Gasteiger partial charge in [-0.2, -0.15) is 5.10 Å². The number of hydrogen-bond donors (Lipinski definition) is 1. The highest BCUT2D eigenvalue weighted by atomic mass is 32.2. The number of alkyl halides is 2. The van der Waals surface area contributed by atoms with Crippen LogP contribution in [0.1, 0.15) is 17.7 Å². The van der Waals surface area contributed by atoms with E-state index in [1.165, 1.54) is 54.3 Å². The van der Waals surface area contributed by atoms with Gasteiger partial charge in [-0.05, 0) is 42.0 Å². The highest BCUT2D eigenvalue weighted by molar-refractivity contribution is 7.88. The third kappa shape index (κ3) is 4.34. The monoisotopic (exact) mass is 411 g/mol. The summed E-state index contributed by atoms with van der Waals surface area (Å²) >= 11 is 0. The number of sulfonamides is 1. The van der Waals surface area contributed by atoms with Gasteiger partial charge in [-0.1, -0.05) is 12.1 Å². The van der Waals surface area contributed by atoms with Crippen LogP contribution < -0.4 is 9.88 Å². The van der Waals surface area contributed by atoms with E-state index < -0.39 is 28.0 Å². The number of halogens is 3. The zero-order chi connectivity index (χ0) is 20.5. The van der Waals surface area contributed by atoms with Gasteiger partial charge in [0.05, 0.1) is 24.2 Å². The van der Waals surface area contributed by atoms with Crippen molar-refractivity contribution in [1.82, 2.24) is 9.78 Å². The van der Waals surface area contributed by atoms with Crippen LogP contribution in [0.5, 0.6) is 5.75 Å². The normalized spacial score (nSPS) is 11.8. The smallest absolute Gasteiger partial charge is 0.282 e. The second-order valence-corrected chi connectivity index (χ2v) is 7.60. The summed E-state index contributed by atoms with van der Waals surface area (Å²) in [6, 6.07) is 11.3. The molecule has 2 N–H and O–H groups in total. The zero-order valence-corrected chi connectivity index (χ0v) is 15.5. The molecule has 0 fully saturated rings. The Labute approximate surface area is 159 Å².